The van der Waals surface area contributed by atoms with Crippen molar-refractivity contribution in [1.29, 1.82) is 0 Å². The van der Waals surface area contributed by atoms with Crippen LogP contribution in [0.3, 0.4) is 0 Å². The van der Waals surface area contributed by atoms with Gasteiger partial charge in [-0.3, -0.25) is 14.8 Å². The number of nitrogens with zero attached hydrogens (tertiary/aromatic N) is 3. The van der Waals surface area contributed by atoms with Gasteiger partial charge in [0.2, 0.25) is 0 Å². The molecule has 0 aliphatic rings. The lowest BCUT2D eigenvalue weighted by Gasteiger charge is -2.08. The molecule has 0 radical (unpaired) electrons. The van der Waals surface area contributed by atoms with Gasteiger partial charge >= 0.3 is 11.7 Å². The lowest BCUT2D eigenvalue weighted by Crippen LogP contribution is -2.09. The Morgan fingerprint density at radius 3 is 2.46 bits per heavy atom. The standard InChI is InChI=1S/C19H15Cl2N3O4/c1-11-18(24(26)27)12(2)23(22-11)10-13-3-5-14(6-4-13)19(25)28-17-9-15(20)7-8-16(17)21/h3-9H,10H2,1-2H3. The van der Waals surface area contributed by atoms with E-state index in [0.717, 1.165) is 5.56 Å². The zero-order chi connectivity index (χ0) is 20.4. The molecule has 0 saturated heterocycles. The van der Waals surface area contributed by atoms with Crippen molar-refractivity contribution in [3.8, 4) is 5.75 Å². The Balaban J connectivity index is 1.75. The van der Waals surface area contributed by atoms with Gasteiger partial charge in [0.25, 0.3) is 0 Å². The number of esters is 1. The first-order valence-corrected chi connectivity index (χ1v) is 8.96. The molecule has 0 spiro atoms. The van der Waals surface area contributed by atoms with Crippen molar-refractivity contribution in [2.45, 2.75) is 20.4 Å². The molecule has 0 atom stereocenters. The number of hydrogen-bond acceptors (Lipinski definition) is 5. The van der Waals surface area contributed by atoms with Crippen LogP contribution >= 0.6 is 23.2 Å². The molecule has 0 fully saturated rings. The highest BCUT2D eigenvalue weighted by Gasteiger charge is 2.21. The molecule has 28 heavy (non-hydrogen) atoms. The highest BCUT2D eigenvalue weighted by molar-refractivity contribution is 6.34. The van der Waals surface area contributed by atoms with Crippen molar-refractivity contribution in [2.75, 3.05) is 0 Å². The molecular weight excluding hydrogens is 405 g/mol. The van der Waals surface area contributed by atoms with Crippen molar-refractivity contribution >= 4 is 34.9 Å². The first kappa shape index (κ1) is 19.9. The maximum atomic E-state index is 12.3. The summed E-state index contributed by atoms with van der Waals surface area (Å²) in [5.74, 6) is -0.393. The Kier molecular flexibility index (Phi) is 5.67. The normalized spacial score (nSPS) is 10.7. The third kappa shape index (κ3) is 4.16. The van der Waals surface area contributed by atoms with Gasteiger partial charge in [-0.15, -0.1) is 0 Å². The van der Waals surface area contributed by atoms with Gasteiger partial charge < -0.3 is 4.74 Å². The topological polar surface area (TPSA) is 87.3 Å². The van der Waals surface area contributed by atoms with Crippen molar-refractivity contribution in [3.05, 3.63) is 85.1 Å². The average molecular weight is 420 g/mol. The first-order chi connectivity index (χ1) is 13.3. The highest BCUT2D eigenvalue weighted by atomic mass is 35.5. The van der Waals surface area contributed by atoms with E-state index in [1.54, 1.807) is 54.9 Å². The van der Waals surface area contributed by atoms with E-state index < -0.39 is 10.9 Å². The molecular formula is C19H15Cl2N3O4. The summed E-state index contributed by atoms with van der Waals surface area (Å²) >= 11 is 11.9. The third-order valence-electron chi connectivity index (χ3n) is 4.14. The lowest BCUT2D eigenvalue weighted by molar-refractivity contribution is -0.386. The van der Waals surface area contributed by atoms with Crippen LogP contribution in [-0.2, 0) is 6.54 Å². The molecule has 3 rings (SSSR count). The maximum absolute atomic E-state index is 12.3. The van der Waals surface area contributed by atoms with Crippen LogP contribution in [0.1, 0.15) is 27.3 Å². The van der Waals surface area contributed by atoms with E-state index in [9.17, 15) is 14.9 Å². The van der Waals surface area contributed by atoms with Gasteiger partial charge in [-0.05, 0) is 43.7 Å². The van der Waals surface area contributed by atoms with Gasteiger partial charge in [-0.25, -0.2) is 4.79 Å². The number of ether oxygens (including phenoxy) is 1. The summed E-state index contributed by atoms with van der Waals surface area (Å²) in [5, 5.41) is 16.0. The van der Waals surface area contributed by atoms with Gasteiger partial charge in [-0.2, -0.15) is 5.10 Å². The van der Waals surface area contributed by atoms with Gasteiger partial charge in [0, 0.05) is 11.1 Å². The first-order valence-electron chi connectivity index (χ1n) is 8.21. The number of aryl methyl sites for hydroxylation is 1. The Morgan fingerprint density at radius 1 is 1.18 bits per heavy atom. The van der Waals surface area contributed by atoms with Crippen LogP contribution in [0.2, 0.25) is 10.0 Å². The largest absolute Gasteiger partial charge is 0.421 e. The van der Waals surface area contributed by atoms with E-state index in [-0.39, 0.29) is 16.5 Å². The number of aromatic nitrogens is 2. The Bertz CT molecular complexity index is 1060. The van der Waals surface area contributed by atoms with Gasteiger partial charge in [-0.1, -0.05) is 35.3 Å². The van der Waals surface area contributed by atoms with Crippen molar-refractivity contribution in [1.82, 2.24) is 9.78 Å². The second-order valence-electron chi connectivity index (χ2n) is 6.10. The summed E-state index contributed by atoms with van der Waals surface area (Å²) < 4.78 is 6.85. The molecule has 0 aliphatic heterocycles. The molecule has 0 aliphatic carbocycles. The predicted molar refractivity (Wildman–Crippen MR) is 105 cm³/mol. The summed E-state index contributed by atoms with van der Waals surface area (Å²) in [5.41, 5.74) is 2.01. The molecule has 0 N–H and O–H groups in total. The fraction of sp³-hybridized carbons (Fsp3) is 0.158. The number of nitro groups is 1. The van der Waals surface area contributed by atoms with E-state index in [1.807, 2.05) is 0 Å². The van der Waals surface area contributed by atoms with Crippen molar-refractivity contribution < 1.29 is 14.5 Å². The molecule has 7 nitrogen and oxygen atoms in total. The summed E-state index contributed by atoms with van der Waals surface area (Å²) in [7, 11) is 0. The van der Waals surface area contributed by atoms with Crippen LogP contribution in [0.4, 0.5) is 5.69 Å². The smallest absolute Gasteiger partial charge is 0.343 e. The molecule has 1 aromatic heterocycles. The summed E-state index contributed by atoms with van der Waals surface area (Å²) in [6, 6.07) is 11.3. The van der Waals surface area contributed by atoms with Crippen molar-refractivity contribution in [3.63, 3.8) is 0 Å². The van der Waals surface area contributed by atoms with Crippen LogP contribution in [0.25, 0.3) is 0 Å². The minimum Gasteiger partial charge on any atom is -0.421 e. The molecule has 0 saturated carbocycles. The minimum atomic E-state index is -0.572. The number of halogens is 2. The van der Waals surface area contributed by atoms with E-state index in [4.69, 9.17) is 27.9 Å². The molecule has 0 unspecified atom stereocenters. The quantitative estimate of drug-likeness (QED) is 0.251. The van der Waals surface area contributed by atoms with E-state index in [0.29, 0.717) is 28.5 Å². The van der Waals surface area contributed by atoms with Crippen LogP contribution in [0.15, 0.2) is 42.5 Å². The fourth-order valence-electron chi connectivity index (χ4n) is 2.74. The average Bonchev–Trinajstić information content (AvgIpc) is 2.92. The Labute approximate surface area is 170 Å². The van der Waals surface area contributed by atoms with E-state index in [1.165, 1.54) is 6.07 Å². The molecule has 9 heteroatoms. The summed E-state index contributed by atoms with van der Waals surface area (Å²) in [4.78, 5) is 23.0. The minimum absolute atomic E-state index is 0.0126. The zero-order valence-electron chi connectivity index (χ0n) is 15.0. The predicted octanol–water partition coefficient (Wildman–Crippen LogP) is 4.98. The second-order valence-corrected chi connectivity index (χ2v) is 6.94. The highest BCUT2D eigenvalue weighted by Crippen LogP contribution is 2.28. The van der Waals surface area contributed by atoms with Crippen LogP contribution in [0, 0.1) is 24.0 Å². The number of carbonyl (C=O) groups is 1. The monoisotopic (exact) mass is 419 g/mol. The zero-order valence-corrected chi connectivity index (χ0v) is 16.5. The SMILES string of the molecule is Cc1nn(Cc2ccc(C(=O)Oc3cc(Cl)ccc3Cl)cc2)c(C)c1[N+](=O)[O-]. The van der Waals surface area contributed by atoms with Gasteiger partial charge in [0.15, 0.2) is 5.75 Å². The van der Waals surface area contributed by atoms with E-state index >= 15 is 0 Å². The second kappa shape index (κ2) is 8.00. The molecule has 2 aromatic carbocycles. The Morgan fingerprint density at radius 2 is 1.86 bits per heavy atom. The number of rotatable bonds is 5. The molecule has 0 amide bonds. The van der Waals surface area contributed by atoms with Crippen molar-refractivity contribution in [2.24, 2.45) is 0 Å². The maximum Gasteiger partial charge on any atom is 0.343 e. The molecule has 144 valence electrons. The molecule has 3 aromatic rings. The number of benzene rings is 2. The summed E-state index contributed by atoms with van der Waals surface area (Å²) in [6.45, 7) is 3.59. The van der Waals surface area contributed by atoms with Crippen LogP contribution in [0.5, 0.6) is 5.75 Å². The fourth-order valence-corrected chi connectivity index (χ4v) is 3.06. The molecule has 0 bridgehead atoms. The third-order valence-corrected chi connectivity index (χ3v) is 4.69. The summed E-state index contributed by atoms with van der Waals surface area (Å²) in [6.07, 6.45) is 0. The van der Waals surface area contributed by atoms with Crippen LogP contribution < -0.4 is 4.74 Å². The van der Waals surface area contributed by atoms with Crippen LogP contribution in [-0.4, -0.2) is 20.7 Å². The number of carbonyl (C=O) groups excluding carboxylic acids is 1. The van der Waals surface area contributed by atoms with Gasteiger partial charge in [0.05, 0.1) is 22.1 Å². The Hall–Kier alpha value is -2.90. The molecule has 1 heterocycles. The lowest BCUT2D eigenvalue weighted by atomic mass is 10.1. The number of hydrogen-bond donors (Lipinski definition) is 0. The van der Waals surface area contributed by atoms with E-state index in [2.05, 4.69) is 5.10 Å². The van der Waals surface area contributed by atoms with Gasteiger partial charge in [0.1, 0.15) is 11.4 Å².